The van der Waals surface area contributed by atoms with Crippen LogP contribution in [0.2, 0.25) is 0 Å². The van der Waals surface area contributed by atoms with Crippen molar-refractivity contribution < 1.29 is 17.6 Å². The van der Waals surface area contributed by atoms with Crippen LogP contribution in [0.4, 0.5) is 0 Å². The number of nitrogens with zero attached hydrogens (tertiary/aromatic N) is 2. The highest BCUT2D eigenvalue weighted by Gasteiger charge is 2.25. The predicted octanol–water partition coefficient (Wildman–Crippen LogP) is 1.68. The van der Waals surface area contributed by atoms with Crippen molar-refractivity contribution in [2.45, 2.75) is 18.6 Å². The van der Waals surface area contributed by atoms with Crippen LogP contribution < -0.4 is 0 Å². The number of aromatic nitrogens is 1. The lowest BCUT2D eigenvalue weighted by molar-refractivity contribution is 0.109. The van der Waals surface area contributed by atoms with Crippen molar-refractivity contribution in [2.75, 3.05) is 7.05 Å². The summed E-state index contributed by atoms with van der Waals surface area (Å²) in [5, 5.41) is 2.44. The Morgan fingerprint density at radius 1 is 1.47 bits per heavy atom. The fraction of sp³-hybridized carbons (Fsp3) is 0.273. The van der Waals surface area contributed by atoms with Crippen molar-refractivity contribution in [3.63, 3.8) is 0 Å². The Hall–Kier alpha value is -1.51. The second-order valence-corrected chi connectivity index (χ2v) is 6.93. The third-order valence-corrected chi connectivity index (χ3v) is 4.93. The van der Waals surface area contributed by atoms with Crippen LogP contribution in [-0.2, 0) is 16.6 Å². The average molecular weight is 300 g/mol. The molecule has 2 rings (SSSR count). The lowest BCUT2D eigenvalue weighted by Crippen LogP contribution is -2.26. The van der Waals surface area contributed by atoms with Crippen LogP contribution in [0.15, 0.2) is 27.0 Å². The summed E-state index contributed by atoms with van der Waals surface area (Å²) in [6, 6.07) is 2.59. The number of sulfonamides is 1. The first-order valence-corrected chi connectivity index (χ1v) is 7.68. The minimum atomic E-state index is -3.74. The lowest BCUT2D eigenvalue weighted by atomic mass is 10.5. The number of aldehydes is 1. The molecule has 0 unspecified atom stereocenters. The quantitative estimate of drug-likeness (QED) is 0.785. The molecule has 0 fully saturated rings. The summed E-state index contributed by atoms with van der Waals surface area (Å²) in [4.78, 5) is 14.7. The van der Waals surface area contributed by atoms with Crippen LogP contribution in [-0.4, -0.2) is 31.0 Å². The smallest absolute Gasteiger partial charge is 0.276 e. The van der Waals surface area contributed by atoms with Gasteiger partial charge in [-0.15, -0.1) is 11.3 Å². The van der Waals surface area contributed by atoms with E-state index in [4.69, 9.17) is 4.42 Å². The van der Waals surface area contributed by atoms with Crippen LogP contribution >= 0.6 is 11.3 Å². The number of carbonyl (C=O) groups is 1. The molecule has 0 radical (unpaired) electrons. The molecule has 0 N–H and O–H groups in total. The Balaban J connectivity index is 2.21. The molecule has 0 spiro atoms. The summed E-state index contributed by atoms with van der Waals surface area (Å²) in [6.07, 6.45) is 0.461. The van der Waals surface area contributed by atoms with Gasteiger partial charge in [-0.25, -0.2) is 13.4 Å². The third-order valence-electron chi connectivity index (χ3n) is 2.43. The molecule has 0 aliphatic rings. The largest absolute Gasteiger partial charge is 0.440 e. The summed E-state index contributed by atoms with van der Waals surface area (Å²) < 4.78 is 30.4. The molecule has 0 saturated carbocycles. The Kier molecular flexibility index (Phi) is 3.83. The highest BCUT2D eigenvalue weighted by Crippen LogP contribution is 2.19. The van der Waals surface area contributed by atoms with Gasteiger partial charge in [0.2, 0.25) is 5.09 Å². The maximum absolute atomic E-state index is 12.2. The molecule has 0 aliphatic carbocycles. The van der Waals surface area contributed by atoms with E-state index in [1.54, 1.807) is 5.38 Å². The molecule has 102 valence electrons. The molecule has 0 atom stereocenters. The zero-order valence-electron chi connectivity index (χ0n) is 10.4. The SMILES string of the molecule is Cc1nc(CN(C)S(=O)(=O)c2ccc(C=O)o2)cs1. The van der Waals surface area contributed by atoms with E-state index in [0.717, 1.165) is 9.31 Å². The fourth-order valence-corrected chi connectivity index (χ4v) is 3.14. The molecule has 0 aliphatic heterocycles. The molecule has 2 heterocycles. The number of carbonyl (C=O) groups excluding carboxylic acids is 1. The van der Waals surface area contributed by atoms with E-state index in [1.165, 1.54) is 30.5 Å². The number of furan rings is 1. The predicted molar refractivity (Wildman–Crippen MR) is 69.6 cm³/mol. The standard InChI is InChI=1S/C11H12N2O4S2/c1-8-12-9(7-18-8)5-13(2)19(15,16)11-4-3-10(6-14)17-11/h3-4,6-7H,5H2,1-2H3. The first-order valence-electron chi connectivity index (χ1n) is 5.36. The van der Waals surface area contributed by atoms with Crippen LogP contribution in [0.3, 0.4) is 0 Å². The van der Waals surface area contributed by atoms with Gasteiger partial charge in [0, 0.05) is 12.4 Å². The summed E-state index contributed by atoms with van der Waals surface area (Å²) >= 11 is 1.46. The van der Waals surface area contributed by atoms with Gasteiger partial charge in [0.1, 0.15) is 0 Å². The van der Waals surface area contributed by atoms with Crippen molar-refractivity contribution >= 4 is 27.6 Å². The molecule has 2 aromatic heterocycles. The van der Waals surface area contributed by atoms with Gasteiger partial charge in [0.05, 0.1) is 17.2 Å². The normalized spacial score (nSPS) is 11.9. The van der Waals surface area contributed by atoms with E-state index in [2.05, 4.69) is 4.98 Å². The molecular weight excluding hydrogens is 288 g/mol. The van der Waals surface area contributed by atoms with Gasteiger partial charge in [-0.05, 0) is 19.1 Å². The Morgan fingerprint density at radius 2 is 2.21 bits per heavy atom. The maximum Gasteiger partial charge on any atom is 0.276 e. The van der Waals surface area contributed by atoms with Crippen molar-refractivity contribution in [2.24, 2.45) is 0 Å². The number of hydrogen-bond donors (Lipinski definition) is 0. The second kappa shape index (κ2) is 5.24. The van der Waals surface area contributed by atoms with Crippen LogP contribution in [0.5, 0.6) is 0 Å². The Bertz CT molecular complexity index is 687. The van der Waals surface area contributed by atoms with Gasteiger partial charge in [0.25, 0.3) is 10.0 Å². The average Bonchev–Trinajstić information content (AvgIpc) is 2.98. The number of aryl methyl sites for hydroxylation is 1. The van der Waals surface area contributed by atoms with Gasteiger partial charge >= 0.3 is 0 Å². The van der Waals surface area contributed by atoms with Gasteiger partial charge < -0.3 is 4.42 Å². The minimum Gasteiger partial charge on any atom is -0.440 e. The number of hydrogen-bond acceptors (Lipinski definition) is 6. The van der Waals surface area contributed by atoms with E-state index in [9.17, 15) is 13.2 Å². The molecule has 0 bridgehead atoms. The fourth-order valence-electron chi connectivity index (χ4n) is 1.48. The van der Waals surface area contributed by atoms with E-state index in [-0.39, 0.29) is 17.4 Å². The van der Waals surface area contributed by atoms with Gasteiger partial charge in [-0.1, -0.05) is 0 Å². The van der Waals surface area contributed by atoms with Crippen molar-refractivity contribution in [3.8, 4) is 0 Å². The lowest BCUT2D eigenvalue weighted by Gasteiger charge is -2.13. The minimum absolute atomic E-state index is 0.0172. The monoisotopic (exact) mass is 300 g/mol. The van der Waals surface area contributed by atoms with E-state index in [1.807, 2.05) is 6.92 Å². The summed E-state index contributed by atoms with van der Waals surface area (Å²) in [6.45, 7) is 2.01. The molecule has 0 aromatic carbocycles. The molecule has 19 heavy (non-hydrogen) atoms. The van der Waals surface area contributed by atoms with Gasteiger partial charge in [-0.3, -0.25) is 4.79 Å². The molecule has 0 saturated heterocycles. The molecule has 2 aromatic rings. The van der Waals surface area contributed by atoms with E-state index >= 15 is 0 Å². The molecule has 8 heteroatoms. The first-order chi connectivity index (χ1) is 8.93. The zero-order valence-corrected chi connectivity index (χ0v) is 12.0. The van der Waals surface area contributed by atoms with Crippen LogP contribution in [0.25, 0.3) is 0 Å². The second-order valence-electron chi connectivity index (χ2n) is 3.89. The number of rotatable bonds is 5. The number of thiazole rings is 1. The van der Waals surface area contributed by atoms with Crippen molar-refractivity contribution in [1.82, 2.24) is 9.29 Å². The van der Waals surface area contributed by atoms with Crippen molar-refractivity contribution in [3.05, 3.63) is 34.0 Å². The van der Waals surface area contributed by atoms with Gasteiger partial charge in [0.15, 0.2) is 12.0 Å². The Morgan fingerprint density at radius 3 is 2.74 bits per heavy atom. The third kappa shape index (κ3) is 2.91. The van der Waals surface area contributed by atoms with E-state index < -0.39 is 10.0 Å². The van der Waals surface area contributed by atoms with Crippen LogP contribution in [0, 0.1) is 6.92 Å². The summed E-state index contributed by atoms with van der Waals surface area (Å²) in [7, 11) is -2.31. The van der Waals surface area contributed by atoms with E-state index in [0.29, 0.717) is 12.0 Å². The molecule has 6 nitrogen and oxygen atoms in total. The maximum atomic E-state index is 12.2. The zero-order chi connectivity index (χ0) is 14.0. The topological polar surface area (TPSA) is 80.5 Å². The summed E-state index contributed by atoms with van der Waals surface area (Å²) in [5.74, 6) is -0.0172. The Labute approximate surface area is 114 Å². The van der Waals surface area contributed by atoms with Crippen LogP contribution in [0.1, 0.15) is 21.3 Å². The first kappa shape index (κ1) is 13.9. The summed E-state index contributed by atoms with van der Waals surface area (Å²) in [5.41, 5.74) is 0.677. The highest BCUT2D eigenvalue weighted by atomic mass is 32.2. The highest BCUT2D eigenvalue weighted by molar-refractivity contribution is 7.88. The molecule has 0 amide bonds. The van der Waals surface area contributed by atoms with Gasteiger partial charge in [-0.2, -0.15) is 4.31 Å². The van der Waals surface area contributed by atoms with Crippen molar-refractivity contribution in [1.29, 1.82) is 0 Å². The molecular formula is C11H12N2O4S2.